The van der Waals surface area contributed by atoms with E-state index in [2.05, 4.69) is 10.1 Å². The molecular formula is C17H16F4N4O. The number of aromatic nitrogens is 3. The number of benzene rings is 1. The molecule has 0 N–H and O–H groups in total. The van der Waals surface area contributed by atoms with Gasteiger partial charge in [0.05, 0.1) is 18.6 Å². The minimum atomic E-state index is -3.15. The molecule has 4 rings (SSSR count). The van der Waals surface area contributed by atoms with E-state index in [0.717, 1.165) is 10.5 Å². The molecule has 3 atom stereocenters. The molecule has 1 saturated heterocycles. The molecule has 2 aliphatic heterocycles. The van der Waals surface area contributed by atoms with Crippen LogP contribution in [0, 0.1) is 0 Å². The van der Waals surface area contributed by atoms with Gasteiger partial charge in [-0.25, -0.2) is 27.2 Å². The smallest absolute Gasteiger partial charge is 0.294 e. The average Bonchev–Trinajstić information content (AvgIpc) is 3.28. The molecule has 0 unspecified atom stereocenters. The number of hydrogen-bond acceptors (Lipinski definition) is 3. The SMILES string of the molecule is O=C(c1nc2n(n1)[C@H](c1ccccc1)C[C@@H]2F)N1CC(F)(F)C[C@H]1CF. The van der Waals surface area contributed by atoms with Crippen molar-refractivity contribution in [3.05, 3.63) is 47.5 Å². The summed E-state index contributed by atoms with van der Waals surface area (Å²) >= 11 is 0. The van der Waals surface area contributed by atoms with Gasteiger partial charge in [0.15, 0.2) is 12.0 Å². The topological polar surface area (TPSA) is 51.0 Å². The highest BCUT2D eigenvalue weighted by molar-refractivity contribution is 5.91. The Morgan fingerprint density at radius 3 is 2.69 bits per heavy atom. The van der Waals surface area contributed by atoms with Crippen LogP contribution in [0.15, 0.2) is 30.3 Å². The molecule has 1 fully saturated rings. The quantitative estimate of drug-likeness (QED) is 0.783. The van der Waals surface area contributed by atoms with Gasteiger partial charge in [-0.05, 0) is 5.56 Å². The van der Waals surface area contributed by atoms with Crippen LogP contribution in [0.5, 0.6) is 0 Å². The zero-order chi connectivity index (χ0) is 18.5. The summed E-state index contributed by atoms with van der Waals surface area (Å²) in [5.74, 6) is -4.43. The van der Waals surface area contributed by atoms with Crippen molar-refractivity contribution >= 4 is 5.91 Å². The van der Waals surface area contributed by atoms with Crippen molar-refractivity contribution < 1.29 is 22.4 Å². The van der Waals surface area contributed by atoms with Crippen LogP contribution >= 0.6 is 0 Å². The molecular weight excluding hydrogens is 352 g/mol. The number of likely N-dealkylation sites (tertiary alicyclic amines) is 1. The van der Waals surface area contributed by atoms with Crippen molar-refractivity contribution in [3.63, 3.8) is 0 Å². The molecule has 0 radical (unpaired) electrons. The number of fused-ring (bicyclic) bond motifs is 1. The fourth-order valence-electron chi connectivity index (χ4n) is 3.62. The number of hydrogen-bond donors (Lipinski definition) is 0. The highest BCUT2D eigenvalue weighted by atomic mass is 19.3. The first-order valence-corrected chi connectivity index (χ1v) is 8.30. The van der Waals surface area contributed by atoms with Crippen molar-refractivity contribution in [2.75, 3.05) is 13.2 Å². The van der Waals surface area contributed by atoms with Crippen molar-refractivity contribution in [1.29, 1.82) is 0 Å². The lowest BCUT2D eigenvalue weighted by Crippen LogP contribution is -2.38. The minimum Gasteiger partial charge on any atom is -0.324 e. The first-order valence-electron chi connectivity index (χ1n) is 8.30. The largest absolute Gasteiger partial charge is 0.324 e. The Hall–Kier alpha value is -2.45. The van der Waals surface area contributed by atoms with E-state index in [4.69, 9.17) is 0 Å². The van der Waals surface area contributed by atoms with Gasteiger partial charge in [-0.3, -0.25) is 4.79 Å². The second kappa shape index (κ2) is 6.07. The van der Waals surface area contributed by atoms with Crippen molar-refractivity contribution in [2.24, 2.45) is 0 Å². The fourth-order valence-corrected chi connectivity index (χ4v) is 3.62. The van der Waals surface area contributed by atoms with E-state index in [9.17, 15) is 22.4 Å². The van der Waals surface area contributed by atoms with E-state index in [1.165, 1.54) is 4.68 Å². The van der Waals surface area contributed by atoms with Crippen LogP contribution in [0.4, 0.5) is 17.6 Å². The third-order valence-electron chi connectivity index (χ3n) is 4.85. The van der Waals surface area contributed by atoms with Gasteiger partial charge in [0.2, 0.25) is 5.82 Å². The fraction of sp³-hybridized carbons (Fsp3) is 0.471. The molecule has 1 aromatic carbocycles. The number of nitrogens with zero attached hydrogens (tertiary/aromatic N) is 4. The summed E-state index contributed by atoms with van der Waals surface area (Å²) in [7, 11) is 0. The number of carbonyl (C=O) groups excluding carboxylic acids is 1. The molecule has 2 aliphatic rings. The van der Waals surface area contributed by atoms with Gasteiger partial charge in [0.1, 0.15) is 6.67 Å². The Morgan fingerprint density at radius 2 is 2.00 bits per heavy atom. The summed E-state index contributed by atoms with van der Waals surface area (Å²) in [6, 6.07) is 7.43. The second-order valence-electron chi connectivity index (χ2n) is 6.67. The molecule has 9 heteroatoms. The molecule has 0 bridgehead atoms. The Bertz CT molecular complexity index is 825. The van der Waals surface area contributed by atoms with Gasteiger partial charge >= 0.3 is 0 Å². The van der Waals surface area contributed by atoms with E-state index >= 15 is 0 Å². The predicted molar refractivity (Wildman–Crippen MR) is 83.4 cm³/mol. The van der Waals surface area contributed by atoms with E-state index in [0.29, 0.717) is 0 Å². The van der Waals surface area contributed by atoms with Crippen LogP contribution in [0.2, 0.25) is 0 Å². The highest BCUT2D eigenvalue weighted by Crippen LogP contribution is 2.39. The second-order valence-corrected chi connectivity index (χ2v) is 6.67. The van der Waals surface area contributed by atoms with Gasteiger partial charge < -0.3 is 4.90 Å². The molecule has 5 nitrogen and oxygen atoms in total. The van der Waals surface area contributed by atoms with Crippen molar-refractivity contribution in [3.8, 4) is 0 Å². The summed E-state index contributed by atoms with van der Waals surface area (Å²) in [6.45, 7) is -1.96. The molecule has 0 aliphatic carbocycles. The van der Waals surface area contributed by atoms with Gasteiger partial charge in [-0.2, -0.15) is 0 Å². The molecule has 138 valence electrons. The third-order valence-corrected chi connectivity index (χ3v) is 4.85. The maximum atomic E-state index is 14.3. The molecule has 0 spiro atoms. The number of carbonyl (C=O) groups is 1. The first-order chi connectivity index (χ1) is 12.4. The highest BCUT2D eigenvalue weighted by Gasteiger charge is 2.48. The summed E-state index contributed by atoms with van der Waals surface area (Å²) in [4.78, 5) is 17.2. The van der Waals surface area contributed by atoms with Crippen molar-refractivity contribution in [1.82, 2.24) is 19.7 Å². The maximum absolute atomic E-state index is 14.3. The lowest BCUT2D eigenvalue weighted by atomic mass is 10.0. The number of alkyl halides is 4. The lowest BCUT2D eigenvalue weighted by molar-refractivity contribution is 0.0115. The van der Waals surface area contributed by atoms with Gasteiger partial charge in [-0.1, -0.05) is 30.3 Å². The summed E-state index contributed by atoms with van der Waals surface area (Å²) in [5.41, 5.74) is 0.812. The number of halogens is 4. The van der Waals surface area contributed by atoms with E-state index in [1.807, 2.05) is 30.3 Å². The zero-order valence-corrected chi connectivity index (χ0v) is 13.7. The van der Waals surface area contributed by atoms with Crippen LogP contribution in [0.25, 0.3) is 0 Å². The van der Waals surface area contributed by atoms with E-state index in [-0.39, 0.29) is 18.1 Å². The zero-order valence-electron chi connectivity index (χ0n) is 13.7. The average molecular weight is 368 g/mol. The minimum absolute atomic E-state index is 0.00930. The number of amides is 1. The Balaban J connectivity index is 1.64. The first kappa shape index (κ1) is 17.0. The molecule has 1 amide bonds. The molecule has 2 aromatic rings. The summed E-state index contributed by atoms with van der Waals surface area (Å²) in [6.07, 6.45) is -2.00. The Labute approximate surface area is 146 Å². The lowest BCUT2D eigenvalue weighted by Gasteiger charge is -2.20. The Morgan fingerprint density at radius 1 is 1.27 bits per heavy atom. The standard InChI is InChI=1S/C17H16F4N4O/c18-8-11-7-17(20,21)9-24(11)16(26)14-22-15-12(19)6-13(25(15)23-14)10-4-2-1-3-5-10/h1-5,11-13H,6-9H2/t11-,12-,13-/m0/s1. The molecule has 3 heterocycles. The summed E-state index contributed by atoms with van der Waals surface area (Å²) in [5, 5.41) is 4.07. The summed E-state index contributed by atoms with van der Waals surface area (Å²) < 4.78 is 55.8. The normalized spacial score (nSPS) is 26.9. The molecule has 1 aromatic heterocycles. The number of rotatable bonds is 3. The van der Waals surface area contributed by atoms with Crippen LogP contribution in [-0.2, 0) is 0 Å². The molecule has 0 saturated carbocycles. The van der Waals surface area contributed by atoms with Gasteiger partial charge in [-0.15, -0.1) is 5.10 Å². The third kappa shape index (κ3) is 2.75. The van der Waals surface area contributed by atoms with E-state index < -0.39 is 49.7 Å². The maximum Gasteiger partial charge on any atom is 0.294 e. The van der Waals surface area contributed by atoms with Gasteiger partial charge in [0.25, 0.3) is 11.8 Å². The molecule has 26 heavy (non-hydrogen) atoms. The van der Waals surface area contributed by atoms with Gasteiger partial charge in [0, 0.05) is 12.8 Å². The van der Waals surface area contributed by atoms with E-state index in [1.54, 1.807) is 0 Å². The monoisotopic (exact) mass is 368 g/mol. The van der Waals surface area contributed by atoms with Crippen LogP contribution < -0.4 is 0 Å². The predicted octanol–water partition coefficient (Wildman–Crippen LogP) is 3.10. The Kier molecular flexibility index (Phi) is 3.96. The van der Waals surface area contributed by atoms with Crippen LogP contribution in [0.1, 0.15) is 47.1 Å². The van der Waals surface area contributed by atoms with Crippen molar-refractivity contribution in [2.45, 2.75) is 37.0 Å². The van der Waals surface area contributed by atoms with Crippen LogP contribution in [-0.4, -0.2) is 50.8 Å². The van der Waals surface area contributed by atoms with Crippen LogP contribution in [0.3, 0.4) is 0 Å².